The van der Waals surface area contributed by atoms with Crippen LogP contribution >= 0.6 is 23.7 Å². The van der Waals surface area contributed by atoms with Gasteiger partial charge in [-0.15, -0.1) is 23.7 Å². The number of anilines is 2. The van der Waals surface area contributed by atoms with Crippen LogP contribution in [0.25, 0.3) is 22.3 Å². The number of amides is 1. The fraction of sp³-hybridized carbons (Fsp3) is 0.250. The van der Waals surface area contributed by atoms with Gasteiger partial charge in [0, 0.05) is 28.7 Å². The average molecular weight is 457 g/mol. The van der Waals surface area contributed by atoms with E-state index >= 15 is 0 Å². The van der Waals surface area contributed by atoms with Crippen LogP contribution < -0.4 is 16.4 Å². The number of halogens is 1. The third kappa shape index (κ3) is 3.97. The van der Waals surface area contributed by atoms with E-state index in [4.69, 9.17) is 10.8 Å². The second-order valence-corrected chi connectivity index (χ2v) is 8.44. The zero-order valence-corrected chi connectivity index (χ0v) is 18.3. The van der Waals surface area contributed by atoms with E-state index in [2.05, 4.69) is 25.6 Å². The number of benzene rings is 1. The molecule has 9 nitrogen and oxygen atoms in total. The molecule has 1 amide bonds. The molecule has 0 saturated carbocycles. The van der Waals surface area contributed by atoms with Crippen molar-refractivity contribution >= 4 is 51.6 Å². The maximum absolute atomic E-state index is 12.5. The molecule has 0 radical (unpaired) electrons. The third-order valence-corrected chi connectivity index (χ3v) is 5.99. The summed E-state index contributed by atoms with van der Waals surface area (Å²) in [5, 5.41) is 12.3. The van der Waals surface area contributed by atoms with Gasteiger partial charge < -0.3 is 11.1 Å². The molecule has 1 aromatic carbocycles. The first-order valence-electron chi connectivity index (χ1n) is 9.64. The summed E-state index contributed by atoms with van der Waals surface area (Å²) in [6.45, 7) is 3.74. The SMILES string of the molecule is Cc1cnc(NC(=O)c2ccc(-c3nn(C4CCNC4)c4ncnc(N)c34)cc2)s1.Cl. The minimum Gasteiger partial charge on any atom is -0.383 e. The van der Waals surface area contributed by atoms with Crippen molar-refractivity contribution in [2.75, 3.05) is 24.1 Å². The van der Waals surface area contributed by atoms with Gasteiger partial charge in [-0.25, -0.2) is 19.6 Å². The van der Waals surface area contributed by atoms with Gasteiger partial charge in [0.05, 0.1) is 11.4 Å². The summed E-state index contributed by atoms with van der Waals surface area (Å²) in [6, 6.07) is 7.50. The van der Waals surface area contributed by atoms with Crippen LogP contribution in [-0.2, 0) is 0 Å². The molecule has 11 heteroatoms. The van der Waals surface area contributed by atoms with Crippen LogP contribution in [0.5, 0.6) is 0 Å². The van der Waals surface area contributed by atoms with Gasteiger partial charge >= 0.3 is 0 Å². The van der Waals surface area contributed by atoms with E-state index in [1.807, 2.05) is 23.7 Å². The Hall–Kier alpha value is -3.08. The number of thiazole rings is 1. The molecule has 1 saturated heterocycles. The van der Waals surface area contributed by atoms with Crippen LogP contribution in [-0.4, -0.2) is 43.7 Å². The Balaban J connectivity index is 0.00000231. The number of fused-ring (bicyclic) bond motifs is 1. The molecule has 0 spiro atoms. The van der Waals surface area contributed by atoms with Gasteiger partial charge in [0.15, 0.2) is 10.8 Å². The Morgan fingerprint density at radius 1 is 1.26 bits per heavy atom. The summed E-state index contributed by atoms with van der Waals surface area (Å²) in [4.78, 5) is 26.3. The van der Waals surface area contributed by atoms with Crippen molar-refractivity contribution in [2.45, 2.75) is 19.4 Å². The molecule has 4 heterocycles. The summed E-state index contributed by atoms with van der Waals surface area (Å²) in [5.41, 5.74) is 9.03. The Kier molecular flexibility index (Phi) is 5.86. The number of nitrogens with two attached hydrogens (primary N) is 1. The van der Waals surface area contributed by atoms with Crippen LogP contribution in [0.3, 0.4) is 0 Å². The Labute approximate surface area is 188 Å². The van der Waals surface area contributed by atoms with E-state index in [0.717, 1.165) is 46.7 Å². The fourth-order valence-electron chi connectivity index (χ4n) is 3.66. The van der Waals surface area contributed by atoms with Gasteiger partial charge in [-0.3, -0.25) is 10.1 Å². The predicted molar refractivity (Wildman–Crippen MR) is 124 cm³/mol. The highest BCUT2D eigenvalue weighted by molar-refractivity contribution is 7.15. The first-order chi connectivity index (χ1) is 14.6. The van der Waals surface area contributed by atoms with Crippen molar-refractivity contribution in [2.24, 2.45) is 0 Å². The minimum atomic E-state index is -0.203. The first-order valence-corrected chi connectivity index (χ1v) is 10.5. The number of carbonyl (C=O) groups excluding carboxylic acids is 1. The zero-order chi connectivity index (χ0) is 20.7. The van der Waals surface area contributed by atoms with Crippen LogP contribution in [0.2, 0.25) is 0 Å². The molecule has 1 unspecified atom stereocenters. The highest BCUT2D eigenvalue weighted by atomic mass is 35.5. The lowest BCUT2D eigenvalue weighted by atomic mass is 10.1. The Morgan fingerprint density at radius 2 is 2.06 bits per heavy atom. The molecule has 5 rings (SSSR count). The van der Waals surface area contributed by atoms with Crippen LogP contribution in [0.15, 0.2) is 36.8 Å². The lowest BCUT2D eigenvalue weighted by molar-refractivity contribution is 0.102. The van der Waals surface area contributed by atoms with Crippen LogP contribution in [0.4, 0.5) is 10.9 Å². The van der Waals surface area contributed by atoms with E-state index in [1.165, 1.54) is 17.7 Å². The molecule has 31 heavy (non-hydrogen) atoms. The van der Waals surface area contributed by atoms with E-state index in [9.17, 15) is 4.79 Å². The van der Waals surface area contributed by atoms with Gasteiger partial charge in [0.1, 0.15) is 17.8 Å². The van der Waals surface area contributed by atoms with Gasteiger partial charge in [-0.1, -0.05) is 12.1 Å². The monoisotopic (exact) mass is 456 g/mol. The van der Waals surface area contributed by atoms with Gasteiger partial charge in [-0.05, 0) is 32.0 Å². The molecular formula is C20H21ClN8OS. The average Bonchev–Trinajstić information content (AvgIpc) is 3.48. The van der Waals surface area contributed by atoms with E-state index in [-0.39, 0.29) is 24.4 Å². The number of nitrogens with zero attached hydrogens (tertiary/aromatic N) is 5. The molecule has 1 atom stereocenters. The Morgan fingerprint density at radius 3 is 2.74 bits per heavy atom. The zero-order valence-electron chi connectivity index (χ0n) is 16.7. The van der Waals surface area contributed by atoms with Gasteiger partial charge in [0.25, 0.3) is 5.91 Å². The molecule has 4 aromatic rings. The fourth-order valence-corrected chi connectivity index (χ4v) is 4.32. The van der Waals surface area contributed by atoms with Crippen molar-refractivity contribution in [3.8, 4) is 11.3 Å². The molecule has 1 aliphatic rings. The summed E-state index contributed by atoms with van der Waals surface area (Å²) >= 11 is 1.44. The van der Waals surface area contributed by atoms with Gasteiger partial charge in [-0.2, -0.15) is 5.10 Å². The molecule has 0 bridgehead atoms. The number of rotatable bonds is 4. The topological polar surface area (TPSA) is 124 Å². The third-order valence-electron chi connectivity index (χ3n) is 5.16. The number of nitrogen functional groups attached to an aromatic ring is 1. The highest BCUT2D eigenvalue weighted by Gasteiger charge is 2.24. The van der Waals surface area contributed by atoms with Gasteiger partial charge in [0.2, 0.25) is 0 Å². The largest absolute Gasteiger partial charge is 0.383 e. The number of hydrogen-bond acceptors (Lipinski definition) is 8. The summed E-state index contributed by atoms with van der Waals surface area (Å²) < 4.78 is 1.94. The molecule has 1 aliphatic heterocycles. The van der Waals surface area contributed by atoms with Crippen LogP contribution in [0, 0.1) is 6.92 Å². The predicted octanol–water partition coefficient (Wildman–Crippen LogP) is 3.05. The second-order valence-electron chi connectivity index (χ2n) is 7.20. The van der Waals surface area contributed by atoms with Crippen molar-refractivity contribution in [1.82, 2.24) is 30.0 Å². The van der Waals surface area contributed by atoms with Crippen molar-refractivity contribution in [3.05, 3.63) is 47.2 Å². The number of nitrogens with one attached hydrogen (secondary N) is 2. The lowest BCUT2D eigenvalue weighted by Gasteiger charge is -2.09. The number of carbonyl (C=O) groups is 1. The van der Waals surface area contributed by atoms with Crippen molar-refractivity contribution in [3.63, 3.8) is 0 Å². The summed E-state index contributed by atoms with van der Waals surface area (Å²) in [6.07, 6.45) is 4.18. The first kappa shape index (κ1) is 21.2. The quantitative estimate of drug-likeness (QED) is 0.431. The van der Waals surface area contributed by atoms with E-state index in [1.54, 1.807) is 18.3 Å². The number of aromatic nitrogens is 5. The highest BCUT2D eigenvalue weighted by Crippen LogP contribution is 2.32. The number of hydrogen-bond donors (Lipinski definition) is 3. The molecule has 160 valence electrons. The smallest absolute Gasteiger partial charge is 0.257 e. The number of aryl methyl sites for hydroxylation is 1. The van der Waals surface area contributed by atoms with E-state index < -0.39 is 0 Å². The summed E-state index contributed by atoms with van der Waals surface area (Å²) in [7, 11) is 0. The van der Waals surface area contributed by atoms with E-state index in [0.29, 0.717) is 16.5 Å². The maximum Gasteiger partial charge on any atom is 0.257 e. The molecule has 1 fully saturated rings. The standard InChI is InChI=1S/C20H20N8OS.ClH/c1-11-8-23-20(30-11)26-19(29)13-4-2-12(3-5-13)16-15-17(21)24-10-25-18(15)28(27-16)14-6-7-22-9-14;/h2-5,8,10,14,22H,6-7,9H2,1H3,(H2,21,24,25)(H,23,26,29);1H. The molecule has 0 aliphatic carbocycles. The van der Waals surface area contributed by atoms with Crippen molar-refractivity contribution < 1.29 is 4.79 Å². The lowest BCUT2D eigenvalue weighted by Crippen LogP contribution is -2.15. The molecule has 3 aromatic heterocycles. The molecule has 4 N–H and O–H groups in total. The maximum atomic E-state index is 12.5. The second kappa shape index (κ2) is 8.58. The Bertz CT molecular complexity index is 1230. The minimum absolute atomic E-state index is 0. The normalized spacial score (nSPS) is 15.7. The van der Waals surface area contributed by atoms with Crippen molar-refractivity contribution in [1.29, 1.82) is 0 Å². The molecular weight excluding hydrogens is 436 g/mol. The van der Waals surface area contributed by atoms with Crippen LogP contribution in [0.1, 0.15) is 27.7 Å². The summed E-state index contributed by atoms with van der Waals surface area (Å²) in [5.74, 6) is 0.194.